The summed E-state index contributed by atoms with van der Waals surface area (Å²) in [5.74, 6) is 0.408. The Bertz CT molecular complexity index is 1270. The summed E-state index contributed by atoms with van der Waals surface area (Å²) in [7, 11) is 1.95. The molecule has 0 aliphatic carbocycles. The van der Waals surface area contributed by atoms with Gasteiger partial charge in [0.1, 0.15) is 5.56 Å². The Hall–Kier alpha value is -2.96. The molecule has 0 fully saturated rings. The Morgan fingerprint density at radius 3 is 2.57 bits per heavy atom. The van der Waals surface area contributed by atoms with Gasteiger partial charge in [-0.1, -0.05) is 73.8 Å². The zero-order chi connectivity index (χ0) is 21.3. The first-order chi connectivity index (χ1) is 14.6. The van der Waals surface area contributed by atoms with Gasteiger partial charge in [-0.3, -0.25) is 0 Å². The quantitative estimate of drug-likeness (QED) is 0.357. The van der Waals surface area contributed by atoms with Crippen molar-refractivity contribution in [1.82, 2.24) is 19.2 Å². The van der Waals surface area contributed by atoms with Gasteiger partial charge in [-0.25, -0.2) is 4.79 Å². The molecule has 0 radical (unpaired) electrons. The number of aromatic hydroxyl groups is 1. The van der Waals surface area contributed by atoms with Crippen LogP contribution in [0.15, 0.2) is 29.1 Å². The average molecular weight is 409 g/mol. The Balaban J connectivity index is 1.87. The van der Waals surface area contributed by atoms with Gasteiger partial charge in [0.2, 0.25) is 5.65 Å². The van der Waals surface area contributed by atoms with Crippen molar-refractivity contribution < 1.29 is 9.67 Å². The van der Waals surface area contributed by atoms with E-state index in [-0.39, 0.29) is 11.4 Å². The van der Waals surface area contributed by atoms with Gasteiger partial charge >= 0.3 is 11.3 Å². The molecule has 1 aromatic carbocycles. The van der Waals surface area contributed by atoms with Gasteiger partial charge < -0.3 is 9.67 Å². The Morgan fingerprint density at radius 1 is 1.07 bits per heavy atom. The molecule has 0 saturated carbocycles. The molecule has 3 aromatic heterocycles. The first-order valence-electron chi connectivity index (χ1n) is 11.0. The summed E-state index contributed by atoms with van der Waals surface area (Å²) in [5.41, 5.74) is 2.50. The maximum absolute atomic E-state index is 13.0. The smallest absolute Gasteiger partial charge is 0.431 e. The Morgan fingerprint density at radius 2 is 1.80 bits per heavy atom. The lowest BCUT2D eigenvalue weighted by Gasteiger charge is -2.09. The number of para-hydroxylation sites is 1. The predicted molar refractivity (Wildman–Crippen MR) is 118 cm³/mol. The van der Waals surface area contributed by atoms with Crippen LogP contribution in [0.25, 0.3) is 27.8 Å². The number of aryl methyl sites for hydroxylation is 2. The van der Waals surface area contributed by atoms with Crippen LogP contribution in [0.5, 0.6) is 5.88 Å². The van der Waals surface area contributed by atoms with Crippen molar-refractivity contribution in [2.45, 2.75) is 65.3 Å². The van der Waals surface area contributed by atoms with Gasteiger partial charge in [0.25, 0.3) is 5.88 Å². The van der Waals surface area contributed by atoms with Gasteiger partial charge in [-0.05, 0) is 23.9 Å². The van der Waals surface area contributed by atoms with Crippen LogP contribution in [-0.4, -0.2) is 24.3 Å². The molecule has 158 valence electrons. The van der Waals surface area contributed by atoms with E-state index in [4.69, 9.17) is 10.1 Å². The zero-order valence-corrected chi connectivity index (χ0v) is 18.1. The van der Waals surface area contributed by atoms with Crippen LogP contribution >= 0.6 is 0 Å². The second-order valence-corrected chi connectivity index (χ2v) is 7.95. The second kappa shape index (κ2) is 8.42. The van der Waals surface area contributed by atoms with Crippen LogP contribution < -0.4 is 10.1 Å². The molecule has 0 aliphatic heterocycles. The van der Waals surface area contributed by atoms with Crippen molar-refractivity contribution in [2.75, 3.05) is 0 Å². The van der Waals surface area contributed by atoms with Crippen molar-refractivity contribution in [3.05, 3.63) is 40.2 Å². The number of hydrogen-bond acceptors (Lipinski definition) is 4. The van der Waals surface area contributed by atoms with Crippen LogP contribution in [-0.2, 0) is 20.0 Å². The molecule has 0 bridgehead atoms. The number of fused-ring (bicyclic) bond motifs is 4. The fourth-order valence-electron chi connectivity index (χ4n) is 4.23. The van der Waals surface area contributed by atoms with E-state index in [0.29, 0.717) is 35.5 Å². The van der Waals surface area contributed by atoms with E-state index in [0.717, 1.165) is 23.7 Å². The highest BCUT2D eigenvalue weighted by atomic mass is 16.3. The predicted octanol–water partition coefficient (Wildman–Crippen LogP) is 3.65. The molecule has 4 aromatic rings. The van der Waals surface area contributed by atoms with E-state index >= 15 is 0 Å². The largest absolute Gasteiger partial charge is 0.483 e. The highest BCUT2D eigenvalue weighted by molar-refractivity contribution is 6.04. The highest BCUT2D eigenvalue weighted by Crippen LogP contribution is 2.25. The summed E-state index contributed by atoms with van der Waals surface area (Å²) in [6.07, 6.45) is 7.35. The molecular weight excluding hydrogens is 378 g/mol. The lowest BCUT2D eigenvalue weighted by atomic mass is 10.1. The number of nitrogens with zero attached hydrogens (tertiary/aromatic N) is 5. The summed E-state index contributed by atoms with van der Waals surface area (Å²) in [6.45, 7) is 4.70. The second-order valence-electron chi connectivity index (χ2n) is 7.95. The molecule has 7 heteroatoms. The SMILES string of the molecule is CCCCCCCC[n+]1c(O)c(CC)c(=O)n2nc3c4ccccc4n(C)c3nc21. The topological polar surface area (TPSA) is 76.3 Å². The molecule has 4 rings (SSSR count). The molecule has 0 unspecified atom stereocenters. The lowest BCUT2D eigenvalue weighted by molar-refractivity contribution is -0.683. The van der Waals surface area contributed by atoms with E-state index in [1.54, 1.807) is 4.57 Å². The fraction of sp³-hybridized carbons (Fsp3) is 0.478. The Labute approximate surface area is 175 Å². The fourth-order valence-corrected chi connectivity index (χ4v) is 4.23. The molecule has 0 spiro atoms. The van der Waals surface area contributed by atoms with Crippen LogP contribution in [0.3, 0.4) is 0 Å². The standard InChI is InChI=1S/C23H29N5O2/c1-4-6-7-8-9-12-15-27-21(29)16(5-2)22(30)28-23(27)24-20-19(25-28)17-13-10-11-14-18(17)26(20)3/h10-11,13-14H,4-9,12,15H2,1-3H3/p+1. The van der Waals surface area contributed by atoms with Crippen molar-refractivity contribution >= 4 is 27.8 Å². The lowest BCUT2D eigenvalue weighted by Crippen LogP contribution is -2.43. The van der Waals surface area contributed by atoms with Crippen molar-refractivity contribution in [1.29, 1.82) is 0 Å². The number of aromatic nitrogens is 5. The molecule has 7 nitrogen and oxygen atoms in total. The van der Waals surface area contributed by atoms with Gasteiger partial charge in [-0.15, -0.1) is 0 Å². The van der Waals surface area contributed by atoms with Crippen molar-refractivity contribution in [3.63, 3.8) is 0 Å². The molecule has 1 N–H and O–H groups in total. The van der Waals surface area contributed by atoms with Gasteiger partial charge in [-0.2, -0.15) is 4.57 Å². The van der Waals surface area contributed by atoms with Crippen LogP contribution in [0, 0.1) is 0 Å². The minimum absolute atomic E-state index is 0.0171. The number of hydrogen-bond donors (Lipinski definition) is 1. The third kappa shape index (κ3) is 3.32. The summed E-state index contributed by atoms with van der Waals surface area (Å²) in [4.78, 5) is 17.9. The highest BCUT2D eigenvalue weighted by Gasteiger charge is 2.26. The van der Waals surface area contributed by atoms with Crippen LogP contribution in [0.2, 0.25) is 0 Å². The minimum Gasteiger partial charge on any atom is -0.483 e. The van der Waals surface area contributed by atoms with Crippen LogP contribution in [0.4, 0.5) is 0 Å². The minimum atomic E-state index is -0.300. The van der Waals surface area contributed by atoms with E-state index in [1.807, 2.05) is 42.8 Å². The maximum Gasteiger partial charge on any atom is 0.431 e. The summed E-state index contributed by atoms with van der Waals surface area (Å²) in [6, 6.07) is 7.95. The Kier molecular flexibility index (Phi) is 5.70. The molecule has 0 saturated heterocycles. The third-order valence-electron chi connectivity index (χ3n) is 5.95. The van der Waals surface area contributed by atoms with E-state index < -0.39 is 0 Å². The van der Waals surface area contributed by atoms with Gasteiger partial charge in [0.15, 0.2) is 5.52 Å². The summed E-state index contributed by atoms with van der Waals surface area (Å²) < 4.78 is 5.11. The number of benzene rings is 1. The number of unbranched alkanes of at least 4 members (excludes halogenated alkanes) is 5. The van der Waals surface area contributed by atoms with E-state index in [1.165, 1.54) is 30.2 Å². The molecule has 0 amide bonds. The van der Waals surface area contributed by atoms with Gasteiger partial charge in [0.05, 0.1) is 12.1 Å². The maximum atomic E-state index is 13.0. The van der Waals surface area contributed by atoms with E-state index in [9.17, 15) is 9.90 Å². The van der Waals surface area contributed by atoms with Gasteiger partial charge in [0, 0.05) is 12.4 Å². The normalized spacial score (nSPS) is 11.8. The summed E-state index contributed by atoms with van der Waals surface area (Å²) in [5, 5.41) is 16.5. The number of rotatable bonds is 8. The first-order valence-corrected chi connectivity index (χ1v) is 11.0. The van der Waals surface area contributed by atoms with Crippen molar-refractivity contribution in [3.8, 4) is 5.88 Å². The first kappa shape index (κ1) is 20.3. The zero-order valence-electron chi connectivity index (χ0n) is 18.1. The van der Waals surface area contributed by atoms with E-state index in [2.05, 4.69) is 6.92 Å². The molecular formula is C23H30N5O2+. The molecule has 0 aliphatic rings. The average Bonchev–Trinajstić information content (AvgIpc) is 3.04. The molecule has 3 heterocycles. The monoisotopic (exact) mass is 408 g/mol. The molecule has 30 heavy (non-hydrogen) atoms. The summed E-state index contributed by atoms with van der Waals surface area (Å²) >= 11 is 0. The molecule has 0 atom stereocenters. The van der Waals surface area contributed by atoms with Crippen LogP contribution in [0.1, 0.15) is 57.9 Å². The third-order valence-corrected chi connectivity index (χ3v) is 5.95. The van der Waals surface area contributed by atoms with Crippen molar-refractivity contribution in [2.24, 2.45) is 7.05 Å².